The van der Waals surface area contributed by atoms with Crippen molar-refractivity contribution in [3.05, 3.63) is 12.2 Å². The zero-order chi connectivity index (χ0) is 11.0. The standard InChI is InChI=1S/C8H14O5Si/c1-3-8(14-12-2)13-7(11)5-4-6(9)10/h4-5,8H,3,14H2,1-2H3,(H,9,10)/b5-4-. The van der Waals surface area contributed by atoms with Gasteiger partial charge in [-0.15, -0.1) is 0 Å². The molecule has 0 saturated heterocycles. The van der Waals surface area contributed by atoms with E-state index in [0.29, 0.717) is 6.42 Å². The van der Waals surface area contributed by atoms with E-state index in [1.807, 2.05) is 6.92 Å². The Morgan fingerprint density at radius 1 is 1.50 bits per heavy atom. The van der Waals surface area contributed by atoms with Gasteiger partial charge in [0, 0.05) is 19.3 Å². The first-order valence-electron chi connectivity index (χ1n) is 4.20. The Kier molecular flexibility index (Phi) is 6.68. The van der Waals surface area contributed by atoms with Crippen LogP contribution in [0.1, 0.15) is 13.3 Å². The number of hydrogen-bond acceptors (Lipinski definition) is 4. The predicted octanol–water partition coefficient (Wildman–Crippen LogP) is -0.363. The lowest BCUT2D eigenvalue weighted by Gasteiger charge is -2.12. The van der Waals surface area contributed by atoms with Crippen molar-refractivity contribution in [2.24, 2.45) is 0 Å². The molecule has 1 N–H and O–H groups in total. The first kappa shape index (κ1) is 12.9. The van der Waals surface area contributed by atoms with E-state index in [2.05, 4.69) is 0 Å². The van der Waals surface area contributed by atoms with Crippen LogP contribution in [-0.4, -0.2) is 39.6 Å². The van der Waals surface area contributed by atoms with E-state index in [0.717, 1.165) is 12.2 Å². The zero-order valence-electron chi connectivity index (χ0n) is 8.23. The maximum absolute atomic E-state index is 11.0. The summed E-state index contributed by atoms with van der Waals surface area (Å²) in [6.45, 7) is 1.88. The SMILES string of the molecule is CCC(OC(=O)/C=C\C(=O)O)[SiH2]OC. The van der Waals surface area contributed by atoms with Crippen molar-refractivity contribution in [3.8, 4) is 0 Å². The van der Waals surface area contributed by atoms with Gasteiger partial charge in [-0.05, 0) is 6.42 Å². The molecule has 5 nitrogen and oxygen atoms in total. The number of aliphatic carboxylic acids is 1. The summed E-state index contributed by atoms with van der Waals surface area (Å²) in [5.74, 6) is -1.80. The molecule has 1 unspecified atom stereocenters. The minimum atomic E-state index is -1.17. The van der Waals surface area contributed by atoms with Gasteiger partial charge >= 0.3 is 11.9 Å². The van der Waals surface area contributed by atoms with Crippen molar-refractivity contribution in [2.75, 3.05) is 7.11 Å². The normalized spacial score (nSPS) is 13.6. The maximum atomic E-state index is 11.0. The third-order valence-electron chi connectivity index (χ3n) is 1.45. The third-order valence-corrected chi connectivity index (χ3v) is 2.90. The first-order chi connectivity index (χ1) is 6.60. The Morgan fingerprint density at radius 3 is 2.57 bits per heavy atom. The molecule has 0 heterocycles. The fourth-order valence-corrected chi connectivity index (χ4v) is 1.60. The minimum Gasteiger partial charge on any atom is -0.478 e. The molecular formula is C8H14O5Si. The summed E-state index contributed by atoms with van der Waals surface area (Å²) < 4.78 is 9.88. The van der Waals surface area contributed by atoms with E-state index < -0.39 is 21.7 Å². The van der Waals surface area contributed by atoms with Crippen molar-refractivity contribution in [1.82, 2.24) is 0 Å². The average Bonchev–Trinajstić information content (AvgIpc) is 2.14. The molecule has 0 aromatic heterocycles. The van der Waals surface area contributed by atoms with Gasteiger partial charge in [0.05, 0.1) is 0 Å². The summed E-state index contributed by atoms with van der Waals surface area (Å²) in [5.41, 5.74) is -0.189. The van der Waals surface area contributed by atoms with E-state index in [9.17, 15) is 9.59 Å². The lowest BCUT2D eigenvalue weighted by Crippen LogP contribution is -2.24. The van der Waals surface area contributed by atoms with Gasteiger partial charge in [-0.25, -0.2) is 9.59 Å². The highest BCUT2D eigenvalue weighted by atomic mass is 28.2. The van der Waals surface area contributed by atoms with E-state index in [1.165, 1.54) is 0 Å². The fraction of sp³-hybridized carbons (Fsp3) is 0.500. The smallest absolute Gasteiger partial charge is 0.331 e. The molecule has 0 amide bonds. The van der Waals surface area contributed by atoms with Gasteiger partial charge in [0.25, 0.3) is 0 Å². The Bertz CT molecular complexity index is 226. The number of carbonyl (C=O) groups is 2. The molecule has 0 aliphatic carbocycles. The van der Waals surface area contributed by atoms with Gasteiger partial charge in [-0.1, -0.05) is 6.92 Å². The van der Waals surface area contributed by atoms with Gasteiger partial charge < -0.3 is 14.3 Å². The quantitative estimate of drug-likeness (QED) is 0.374. The zero-order valence-corrected chi connectivity index (χ0v) is 9.64. The summed E-state index contributed by atoms with van der Waals surface area (Å²) in [7, 11) is 0.697. The number of ether oxygens (including phenoxy) is 1. The van der Waals surface area contributed by atoms with Gasteiger partial charge in [0.1, 0.15) is 5.73 Å². The van der Waals surface area contributed by atoms with Gasteiger partial charge in [0.15, 0.2) is 0 Å². The second-order valence-electron chi connectivity index (χ2n) is 2.59. The number of rotatable bonds is 6. The number of carboxylic acids is 1. The van der Waals surface area contributed by atoms with Crippen LogP contribution in [0.15, 0.2) is 12.2 Å². The number of esters is 1. The molecule has 0 aliphatic heterocycles. The molecule has 0 radical (unpaired) electrons. The van der Waals surface area contributed by atoms with Crippen LogP contribution in [-0.2, 0) is 18.8 Å². The Morgan fingerprint density at radius 2 is 2.14 bits per heavy atom. The summed E-state index contributed by atoms with van der Waals surface area (Å²) in [5, 5.41) is 8.25. The minimum absolute atomic E-state index is 0.189. The molecule has 0 fully saturated rings. The van der Waals surface area contributed by atoms with E-state index in [-0.39, 0.29) is 5.73 Å². The van der Waals surface area contributed by atoms with E-state index in [1.54, 1.807) is 7.11 Å². The summed E-state index contributed by atoms with van der Waals surface area (Å²) in [6, 6.07) is 0. The molecular weight excluding hydrogens is 204 g/mol. The van der Waals surface area contributed by atoms with E-state index >= 15 is 0 Å². The number of carbonyl (C=O) groups excluding carboxylic acids is 1. The summed E-state index contributed by atoms with van der Waals surface area (Å²) >= 11 is 0. The van der Waals surface area contributed by atoms with Crippen molar-refractivity contribution in [1.29, 1.82) is 0 Å². The van der Waals surface area contributed by atoms with Crippen LogP contribution >= 0.6 is 0 Å². The fourth-order valence-electron chi connectivity index (χ4n) is 0.764. The highest BCUT2D eigenvalue weighted by molar-refractivity contribution is 6.29. The Hall–Kier alpha value is -1.14. The van der Waals surface area contributed by atoms with Crippen molar-refractivity contribution < 1.29 is 23.9 Å². The van der Waals surface area contributed by atoms with Crippen LogP contribution < -0.4 is 0 Å². The molecule has 6 heteroatoms. The molecule has 0 aromatic carbocycles. The highest BCUT2D eigenvalue weighted by Gasteiger charge is 2.10. The van der Waals surface area contributed by atoms with Crippen molar-refractivity contribution in [3.63, 3.8) is 0 Å². The highest BCUT2D eigenvalue weighted by Crippen LogP contribution is 1.97. The Balaban J connectivity index is 3.96. The molecule has 1 atom stereocenters. The maximum Gasteiger partial charge on any atom is 0.331 e. The molecule has 80 valence electrons. The largest absolute Gasteiger partial charge is 0.478 e. The summed E-state index contributed by atoms with van der Waals surface area (Å²) in [6.07, 6.45) is 2.34. The van der Waals surface area contributed by atoms with Crippen LogP contribution in [0.3, 0.4) is 0 Å². The topological polar surface area (TPSA) is 72.8 Å². The second kappa shape index (κ2) is 7.28. The lowest BCUT2D eigenvalue weighted by atomic mass is 10.5. The van der Waals surface area contributed by atoms with Crippen LogP contribution in [0, 0.1) is 0 Å². The monoisotopic (exact) mass is 218 g/mol. The van der Waals surface area contributed by atoms with Gasteiger partial charge in [-0.2, -0.15) is 0 Å². The summed E-state index contributed by atoms with van der Waals surface area (Å²) in [4.78, 5) is 21.1. The molecule has 0 rings (SSSR count). The van der Waals surface area contributed by atoms with Crippen LogP contribution in [0.25, 0.3) is 0 Å². The number of carboxylic acid groups (broad SMARTS) is 1. The Labute approximate surface area is 84.6 Å². The van der Waals surface area contributed by atoms with E-state index in [4.69, 9.17) is 14.3 Å². The van der Waals surface area contributed by atoms with Crippen LogP contribution in [0.4, 0.5) is 0 Å². The van der Waals surface area contributed by atoms with Gasteiger partial charge in [0.2, 0.25) is 9.76 Å². The lowest BCUT2D eigenvalue weighted by molar-refractivity contribution is -0.140. The molecule has 0 spiro atoms. The average molecular weight is 218 g/mol. The first-order valence-corrected chi connectivity index (χ1v) is 5.60. The van der Waals surface area contributed by atoms with Crippen molar-refractivity contribution >= 4 is 21.7 Å². The molecule has 0 aromatic rings. The second-order valence-corrected chi connectivity index (χ2v) is 4.42. The third kappa shape index (κ3) is 6.38. The van der Waals surface area contributed by atoms with Crippen LogP contribution in [0.2, 0.25) is 0 Å². The molecule has 0 bridgehead atoms. The molecule has 0 aliphatic rings. The number of hydrogen-bond donors (Lipinski definition) is 1. The van der Waals surface area contributed by atoms with Gasteiger partial charge in [-0.3, -0.25) is 0 Å². The predicted molar refractivity (Wildman–Crippen MR) is 52.5 cm³/mol. The van der Waals surface area contributed by atoms with Crippen molar-refractivity contribution in [2.45, 2.75) is 19.1 Å². The molecule has 14 heavy (non-hydrogen) atoms. The van der Waals surface area contributed by atoms with Crippen LogP contribution in [0.5, 0.6) is 0 Å². The molecule has 0 saturated carbocycles.